The number of rotatable bonds is 3. The zero-order chi connectivity index (χ0) is 12.2. The highest BCUT2D eigenvalue weighted by Crippen LogP contribution is 2.21. The highest BCUT2D eigenvalue weighted by atomic mass is 14.9. The van der Waals surface area contributed by atoms with Gasteiger partial charge in [-0.2, -0.15) is 0 Å². The van der Waals surface area contributed by atoms with Crippen molar-refractivity contribution in [1.29, 1.82) is 0 Å². The van der Waals surface area contributed by atoms with Crippen molar-refractivity contribution < 1.29 is 0 Å². The first kappa shape index (κ1) is 10.7. The quantitative estimate of drug-likeness (QED) is 0.757. The first-order valence-electron chi connectivity index (χ1n) is 5.90. The van der Waals surface area contributed by atoms with Gasteiger partial charge in [0.25, 0.3) is 0 Å². The van der Waals surface area contributed by atoms with Gasteiger partial charge in [-0.05, 0) is 23.8 Å². The van der Waals surface area contributed by atoms with E-state index in [9.17, 15) is 0 Å². The van der Waals surface area contributed by atoms with Crippen molar-refractivity contribution in [2.45, 2.75) is 6.54 Å². The highest BCUT2D eigenvalue weighted by Gasteiger charge is 2.00. The van der Waals surface area contributed by atoms with Gasteiger partial charge in [0, 0.05) is 36.2 Å². The van der Waals surface area contributed by atoms with Crippen LogP contribution in [-0.2, 0) is 6.54 Å². The summed E-state index contributed by atoms with van der Waals surface area (Å²) in [6, 6.07) is 14.1. The lowest BCUT2D eigenvalue weighted by Crippen LogP contribution is -2.00. The zero-order valence-electron chi connectivity index (χ0n) is 9.88. The Labute approximate surface area is 106 Å². The summed E-state index contributed by atoms with van der Waals surface area (Å²) in [5, 5.41) is 4.57. The Morgan fingerprint density at radius 1 is 0.944 bits per heavy atom. The summed E-state index contributed by atoms with van der Waals surface area (Å²) < 4.78 is 0. The van der Waals surface area contributed by atoms with E-state index >= 15 is 0 Å². The molecule has 0 unspecified atom stereocenters. The molecule has 2 aromatic heterocycles. The minimum absolute atomic E-state index is 0.766. The van der Waals surface area contributed by atoms with E-state index in [-0.39, 0.29) is 0 Å². The molecule has 1 aromatic carbocycles. The summed E-state index contributed by atoms with van der Waals surface area (Å²) in [6.45, 7) is 0.766. The maximum atomic E-state index is 4.34. The smallest absolute Gasteiger partial charge is 0.0722 e. The summed E-state index contributed by atoms with van der Waals surface area (Å²) in [5.41, 5.74) is 3.27. The number of aromatic nitrogens is 2. The van der Waals surface area contributed by atoms with Gasteiger partial charge in [-0.25, -0.2) is 0 Å². The van der Waals surface area contributed by atoms with Crippen molar-refractivity contribution in [2.75, 3.05) is 5.32 Å². The third kappa shape index (κ3) is 2.15. The molecule has 3 nitrogen and oxygen atoms in total. The summed E-state index contributed by atoms with van der Waals surface area (Å²) >= 11 is 0. The van der Waals surface area contributed by atoms with Crippen LogP contribution in [-0.4, -0.2) is 9.97 Å². The van der Waals surface area contributed by atoms with Crippen LogP contribution in [0.2, 0.25) is 0 Å². The van der Waals surface area contributed by atoms with E-state index in [0.717, 1.165) is 23.1 Å². The molecule has 1 N–H and O–H groups in total. The normalized spacial score (nSPS) is 10.4. The second-order valence-electron chi connectivity index (χ2n) is 4.09. The molecule has 0 radical (unpaired) electrons. The van der Waals surface area contributed by atoms with Crippen LogP contribution in [0.4, 0.5) is 5.69 Å². The van der Waals surface area contributed by atoms with Gasteiger partial charge in [0.2, 0.25) is 0 Å². The second kappa shape index (κ2) is 4.84. The molecule has 0 atom stereocenters. The summed E-state index contributed by atoms with van der Waals surface area (Å²) in [4.78, 5) is 8.45. The molecule has 0 spiro atoms. The zero-order valence-corrected chi connectivity index (χ0v) is 9.88. The number of fused-ring (bicyclic) bond motifs is 1. The van der Waals surface area contributed by atoms with Crippen molar-refractivity contribution in [3.63, 3.8) is 0 Å². The van der Waals surface area contributed by atoms with Crippen molar-refractivity contribution >= 4 is 16.6 Å². The predicted octanol–water partition coefficient (Wildman–Crippen LogP) is 3.24. The Morgan fingerprint density at radius 2 is 1.89 bits per heavy atom. The van der Waals surface area contributed by atoms with Gasteiger partial charge in [-0.15, -0.1) is 0 Å². The minimum Gasteiger partial charge on any atom is -0.380 e. The van der Waals surface area contributed by atoms with Crippen LogP contribution >= 0.6 is 0 Å². The van der Waals surface area contributed by atoms with Gasteiger partial charge in [0.15, 0.2) is 0 Å². The Kier molecular flexibility index (Phi) is 2.88. The molecule has 0 amide bonds. The van der Waals surface area contributed by atoms with Gasteiger partial charge < -0.3 is 5.32 Å². The molecule has 0 aliphatic rings. The molecule has 0 bridgehead atoms. The summed E-state index contributed by atoms with van der Waals surface area (Å²) in [6.07, 6.45) is 5.48. The summed E-state index contributed by atoms with van der Waals surface area (Å²) in [5.74, 6) is 0. The fraction of sp³-hybridized carbons (Fsp3) is 0.0667. The highest BCUT2D eigenvalue weighted by molar-refractivity contribution is 5.90. The van der Waals surface area contributed by atoms with Gasteiger partial charge in [0.05, 0.1) is 5.52 Å². The van der Waals surface area contributed by atoms with Crippen molar-refractivity contribution in [3.05, 3.63) is 66.6 Å². The third-order valence-corrected chi connectivity index (χ3v) is 2.85. The fourth-order valence-corrected chi connectivity index (χ4v) is 1.95. The van der Waals surface area contributed by atoms with Crippen LogP contribution in [0.25, 0.3) is 10.9 Å². The van der Waals surface area contributed by atoms with Gasteiger partial charge in [-0.1, -0.05) is 24.3 Å². The average Bonchev–Trinajstić information content (AvgIpc) is 2.46. The molecule has 3 heteroatoms. The topological polar surface area (TPSA) is 37.8 Å². The maximum Gasteiger partial charge on any atom is 0.0722 e. The lowest BCUT2D eigenvalue weighted by Gasteiger charge is -2.08. The minimum atomic E-state index is 0.766. The van der Waals surface area contributed by atoms with E-state index in [1.165, 1.54) is 5.56 Å². The molecular weight excluding hydrogens is 222 g/mol. The Hall–Kier alpha value is -2.42. The van der Waals surface area contributed by atoms with E-state index in [1.54, 1.807) is 6.20 Å². The third-order valence-electron chi connectivity index (χ3n) is 2.85. The van der Waals surface area contributed by atoms with Crippen LogP contribution < -0.4 is 5.32 Å². The molecule has 3 rings (SSSR count). The van der Waals surface area contributed by atoms with Gasteiger partial charge >= 0.3 is 0 Å². The molecule has 0 aliphatic carbocycles. The van der Waals surface area contributed by atoms with Crippen molar-refractivity contribution in [3.8, 4) is 0 Å². The fourth-order valence-electron chi connectivity index (χ4n) is 1.95. The predicted molar refractivity (Wildman–Crippen MR) is 73.3 cm³/mol. The van der Waals surface area contributed by atoms with Crippen LogP contribution in [0.15, 0.2) is 61.1 Å². The van der Waals surface area contributed by atoms with E-state index in [2.05, 4.69) is 27.4 Å². The lowest BCUT2D eigenvalue weighted by molar-refractivity contribution is 1.11. The van der Waals surface area contributed by atoms with E-state index < -0.39 is 0 Å². The molecule has 0 fully saturated rings. The number of nitrogens with one attached hydrogen (secondary N) is 1. The van der Waals surface area contributed by atoms with E-state index in [0.29, 0.717) is 0 Å². The number of benzene rings is 1. The van der Waals surface area contributed by atoms with Gasteiger partial charge in [0.1, 0.15) is 0 Å². The molecule has 0 aliphatic heterocycles. The Bertz CT molecular complexity index is 645. The van der Waals surface area contributed by atoms with Crippen LogP contribution in [0.1, 0.15) is 5.56 Å². The molecule has 2 heterocycles. The number of hydrogen-bond acceptors (Lipinski definition) is 3. The number of pyridine rings is 2. The molecule has 3 aromatic rings. The number of anilines is 1. The monoisotopic (exact) mass is 235 g/mol. The second-order valence-corrected chi connectivity index (χ2v) is 4.09. The molecular formula is C15H13N3. The molecule has 88 valence electrons. The van der Waals surface area contributed by atoms with E-state index in [4.69, 9.17) is 0 Å². The summed E-state index contributed by atoms with van der Waals surface area (Å²) in [7, 11) is 0. The molecule has 0 saturated heterocycles. The van der Waals surface area contributed by atoms with Crippen molar-refractivity contribution in [2.24, 2.45) is 0 Å². The van der Waals surface area contributed by atoms with E-state index in [1.807, 2.05) is 42.7 Å². The maximum absolute atomic E-state index is 4.34. The van der Waals surface area contributed by atoms with Crippen molar-refractivity contribution in [1.82, 2.24) is 9.97 Å². The van der Waals surface area contributed by atoms with Crippen LogP contribution in [0, 0.1) is 0 Å². The van der Waals surface area contributed by atoms with Gasteiger partial charge in [-0.3, -0.25) is 9.97 Å². The first-order valence-corrected chi connectivity index (χ1v) is 5.90. The number of hydrogen-bond donors (Lipinski definition) is 1. The Balaban J connectivity index is 1.87. The molecule has 0 saturated carbocycles. The SMILES string of the molecule is c1cncc(CNc2ccnc3ccccc23)c1. The first-order chi connectivity index (χ1) is 8.93. The van der Waals surface area contributed by atoms with Crippen LogP contribution in [0.5, 0.6) is 0 Å². The lowest BCUT2D eigenvalue weighted by atomic mass is 10.2. The number of nitrogens with zero attached hydrogens (tertiary/aromatic N) is 2. The average molecular weight is 235 g/mol. The Morgan fingerprint density at radius 3 is 2.78 bits per heavy atom. The number of para-hydroxylation sites is 1. The molecule has 18 heavy (non-hydrogen) atoms. The largest absolute Gasteiger partial charge is 0.380 e. The standard InChI is InChI=1S/C15H13N3/c1-2-6-14-13(5-1)15(7-9-17-14)18-11-12-4-3-8-16-10-12/h1-10H,11H2,(H,17,18). The van der Waals surface area contributed by atoms with Crippen LogP contribution in [0.3, 0.4) is 0 Å².